The Hall–Kier alpha value is -3.48. The molecule has 2 fully saturated rings. The number of benzene rings is 1. The number of rotatable bonds is 4. The smallest absolute Gasteiger partial charge is 0.336 e. The number of carbonyl (C=O) groups is 1. The number of hydrogen-bond donors (Lipinski definition) is 2. The van der Waals surface area contributed by atoms with Crippen molar-refractivity contribution in [2.45, 2.75) is 52.1 Å². The van der Waals surface area contributed by atoms with Crippen LogP contribution in [-0.4, -0.2) is 25.7 Å². The molecule has 2 aliphatic carbocycles. The summed E-state index contributed by atoms with van der Waals surface area (Å²) in [7, 11) is 1.52. The van der Waals surface area contributed by atoms with Crippen molar-refractivity contribution in [3.05, 3.63) is 82.1 Å². The number of pyridine rings is 1. The van der Waals surface area contributed by atoms with Crippen molar-refractivity contribution in [2.24, 2.45) is 12.5 Å². The predicted octanol–water partition coefficient (Wildman–Crippen LogP) is 3.69. The quantitative estimate of drug-likeness (QED) is 0.422. The summed E-state index contributed by atoms with van der Waals surface area (Å²) in [6.07, 6.45) is 5.34. The first-order valence-corrected chi connectivity index (χ1v) is 13.8. The average Bonchev–Trinajstić information content (AvgIpc) is 3.68. The van der Waals surface area contributed by atoms with Crippen molar-refractivity contribution >= 4 is 56.6 Å². The zero-order valence-corrected chi connectivity index (χ0v) is 24.1. The lowest BCUT2D eigenvalue weighted by atomic mass is 9.81. The number of nitrogens with zero attached hydrogens (tertiary/aromatic N) is 3. The van der Waals surface area contributed by atoms with Crippen LogP contribution in [0.4, 0.5) is 15.9 Å². The maximum absolute atomic E-state index is 14.9. The van der Waals surface area contributed by atoms with E-state index in [2.05, 4.69) is 10.6 Å². The summed E-state index contributed by atoms with van der Waals surface area (Å²) in [4.78, 5) is 54.0. The van der Waals surface area contributed by atoms with Gasteiger partial charge in [0, 0.05) is 34.3 Å². The van der Waals surface area contributed by atoms with Gasteiger partial charge in [-0.1, -0.05) is 6.08 Å². The van der Waals surface area contributed by atoms with Crippen LogP contribution in [0.5, 0.6) is 0 Å². The van der Waals surface area contributed by atoms with Gasteiger partial charge in [-0.25, -0.2) is 9.18 Å². The maximum atomic E-state index is 14.9. The third-order valence-electron chi connectivity index (χ3n) is 8.07. The molecule has 2 aromatic heterocycles. The topological polar surface area (TPSA) is 107 Å². The lowest BCUT2D eigenvalue weighted by molar-refractivity contribution is -0.125. The number of anilines is 2. The monoisotopic (exact) mass is 643 g/mol. The van der Waals surface area contributed by atoms with Gasteiger partial charge in [0.2, 0.25) is 5.91 Å². The van der Waals surface area contributed by atoms with Gasteiger partial charge < -0.3 is 10.6 Å². The van der Waals surface area contributed by atoms with Gasteiger partial charge in [-0.3, -0.25) is 28.1 Å². The Bertz CT molecular complexity index is 1860. The van der Waals surface area contributed by atoms with E-state index in [0.29, 0.717) is 28.5 Å². The van der Waals surface area contributed by atoms with Crippen molar-refractivity contribution in [3.8, 4) is 0 Å². The fourth-order valence-corrected chi connectivity index (χ4v) is 6.15. The lowest BCUT2D eigenvalue weighted by Crippen LogP contribution is -2.42. The number of fused-ring (bicyclic) bond motifs is 2. The van der Waals surface area contributed by atoms with E-state index in [1.54, 1.807) is 25.1 Å². The van der Waals surface area contributed by atoms with Crippen LogP contribution in [-0.2, 0) is 11.8 Å². The Morgan fingerprint density at radius 2 is 1.82 bits per heavy atom. The number of aryl methyl sites for hydroxylation is 1. The number of halogens is 2. The Balaban J connectivity index is 1.67. The molecule has 1 aromatic carbocycles. The second-order valence-electron chi connectivity index (χ2n) is 11.0. The highest BCUT2D eigenvalue weighted by molar-refractivity contribution is 14.1. The number of carbonyl (C=O) groups excluding carboxylic acids is 1. The summed E-state index contributed by atoms with van der Waals surface area (Å²) in [6, 6.07) is 4.06. The molecule has 0 radical (unpaired) electrons. The molecule has 3 heterocycles. The fraction of sp³-hybridized carbons (Fsp3) is 0.357. The molecule has 0 spiro atoms. The fourth-order valence-electron chi connectivity index (χ4n) is 5.70. The van der Waals surface area contributed by atoms with Crippen LogP contribution in [0.3, 0.4) is 0 Å². The minimum atomic E-state index is -0.674. The largest absolute Gasteiger partial charge is 0.348 e. The molecule has 39 heavy (non-hydrogen) atoms. The molecule has 1 aliphatic heterocycles. The first-order valence-electron chi connectivity index (χ1n) is 12.8. The molecule has 2 N–H and O–H groups in total. The van der Waals surface area contributed by atoms with E-state index >= 15 is 0 Å². The summed E-state index contributed by atoms with van der Waals surface area (Å²) in [5, 5.41) is 6.12. The molecule has 1 atom stereocenters. The van der Waals surface area contributed by atoms with Crippen molar-refractivity contribution < 1.29 is 9.18 Å². The maximum Gasteiger partial charge on any atom is 0.336 e. The summed E-state index contributed by atoms with van der Waals surface area (Å²) < 4.78 is 19.5. The molecule has 1 unspecified atom stereocenters. The molecule has 3 aliphatic rings. The van der Waals surface area contributed by atoms with Crippen LogP contribution in [0.1, 0.15) is 44.7 Å². The van der Waals surface area contributed by atoms with Gasteiger partial charge in [-0.15, -0.1) is 0 Å². The molecule has 6 rings (SSSR count). The standard InChI is InChI=1S/C28H27FIN5O4/c1-13-22-21(23(33(4)24(13)36)31-19-10-5-14(30)11-18(19)29)25(37)35(15-6-7-15)27(39)34(22)16-8-9-17-20(12-16)32-26(38)28(17,2)3/h5,8-11,15,20,31H,6-7,12H2,1-4H3,(H,32,38). The van der Waals surface area contributed by atoms with E-state index in [-0.39, 0.29) is 46.0 Å². The van der Waals surface area contributed by atoms with Crippen molar-refractivity contribution in [2.75, 3.05) is 5.32 Å². The summed E-state index contributed by atoms with van der Waals surface area (Å²) in [6.45, 7) is 5.30. The number of allylic oxidation sites excluding steroid dienone is 2. The first kappa shape index (κ1) is 25.8. The molecule has 11 heteroatoms. The average molecular weight is 643 g/mol. The number of nitrogens with one attached hydrogen (secondary N) is 2. The molecular formula is C28H27FIN5O4. The summed E-state index contributed by atoms with van der Waals surface area (Å²) in [5.74, 6) is -0.521. The third-order valence-corrected chi connectivity index (χ3v) is 8.74. The minimum Gasteiger partial charge on any atom is -0.348 e. The highest BCUT2D eigenvalue weighted by atomic mass is 127. The van der Waals surface area contributed by atoms with Gasteiger partial charge in [-0.05, 0) is 86.1 Å². The van der Waals surface area contributed by atoms with E-state index in [9.17, 15) is 23.6 Å². The van der Waals surface area contributed by atoms with Crippen LogP contribution in [0.15, 0.2) is 50.3 Å². The zero-order chi connectivity index (χ0) is 28.0. The van der Waals surface area contributed by atoms with Gasteiger partial charge >= 0.3 is 5.69 Å². The van der Waals surface area contributed by atoms with Gasteiger partial charge in [0.1, 0.15) is 17.0 Å². The van der Waals surface area contributed by atoms with Crippen LogP contribution < -0.4 is 27.4 Å². The van der Waals surface area contributed by atoms with Gasteiger partial charge in [0.05, 0.1) is 22.7 Å². The van der Waals surface area contributed by atoms with Crippen LogP contribution in [0.2, 0.25) is 0 Å². The van der Waals surface area contributed by atoms with Crippen LogP contribution >= 0.6 is 22.6 Å². The van der Waals surface area contributed by atoms with Crippen molar-refractivity contribution in [1.82, 2.24) is 19.0 Å². The van der Waals surface area contributed by atoms with E-state index in [1.165, 1.54) is 26.8 Å². The first-order chi connectivity index (χ1) is 18.4. The Morgan fingerprint density at radius 3 is 2.49 bits per heavy atom. The van der Waals surface area contributed by atoms with Gasteiger partial charge in [-0.2, -0.15) is 0 Å². The second-order valence-corrected chi connectivity index (χ2v) is 12.2. The lowest BCUT2D eigenvalue weighted by Gasteiger charge is -2.26. The van der Waals surface area contributed by atoms with Crippen LogP contribution in [0, 0.1) is 21.7 Å². The molecule has 3 aromatic rings. The summed E-state index contributed by atoms with van der Waals surface area (Å²) in [5.41, 5.74) is -0.139. The van der Waals surface area contributed by atoms with Gasteiger partial charge in [0.15, 0.2) is 0 Å². The third kappa shape index (κ3) is 3.84. The predicted molar refractivity (Wildman–Crippen MR) is 156 cm³/mol. The number of hydrogen-bond acceptors (Lipinski definition) is 5. The molecular weight excluding hydrogens is 616 g/mol. The van der Waals surface area contributed by atoms with E-state index in [4.69, 9.17) is 0 Å². The van der Waals surface area contributed by atoms with E-state index < -0.39 is 28.0 Å². The number of aromatic nitrogens is 3. The normalized spacial score (nSPS) is 19.9. The zero-order valence-electron chi connectivity index (χ0n) is 21.9. The Kier molecular flexibility index (Phi) is 5.79. The molecule has 0 bridgehead atoms. The van der Waals surface area contributed by atoms with E-state index in [0.717, 1.165) is 5.57 Å². The Labute approximate surface area is 236 Å². The minimum absolute atomic E-state index is 0.0929. The number of amides is 1. The van der Waals surface area contributed by atoms with Gasteiger partial charge in [0.25, 0.3) is 11.1 Å². The van der Waals surface area contributed by atoms with Crippen molar-refractivity contribution in [3.63, 3.8) is 0 Å². The molecule has 9 nitrogen and oxygen atoms in total. The summed E-state index contributed by atoms with van der Waals surface area (Å²) >= 11 is 2.00. The van der Waals surface area contributed by atoms with Crippen LogP contribution in [0.25, 0.3) is 16.6 Å². The Morgan fingerprint density at radius 1 is 1.10 bits per heavy atom. The molecule has 1 saturated heterocycles. The molecule has 202 valence electrons. The van der Waals surface area contributed by atoms with E-state index in [1.807, 2.05) is 42.5 Å². The molecule has 1 amide bonds. The highest BCUT2D eigenvalue weighted by Gasteiger charge is 2.45. The highest BCUT2D eigenvalue weighted by Crippen LogP contribution is 2.41. The molecule has 1 saturated carbocycles. The van der Waals surface area contributed by atoms with Crippen molar-refractivity contribution in [1.29, 1.82) is 0 Å². The SMILES string of the molecule is Cc1c(=O)n(C)c(Nc2ccc(I)cc2F)c2c(=O)n(C3CC3)c(=O)n(C3=CC=C4C(C3)NC(=O)C4(C)C)c12. The second kappa shape index (κ2) is 8.77.